The first-order valence-electron chi connectivity index (χ1n) is 5.99. The molecule has 5 nitrogen and oxygen atoms in total. The van der Waals surface area contributed by atoms with Crippen molar-refractivity contribution in [3.8, 4) is 17.0 Å². The minimum Gasteiger partial charge on any atom is -0.496 e. The van der Waals surface area contributed by atoms with Crippen LogP contribution in [0.5, 0.6) is 5.75 Å². The van der Waals surface area contributed by atoms with Crippen LogP contribution in [0.25, 0.3) is 11.3 Å². The van der Waals surface area contributed by atoms with E-state index < -0.39 is 5.97 Å². The summed E-state index contributed by atoms with van der Waals surface area (Å²) < 4.78 is 5.31. The molecule has 0 amide bonds. The van der Waals surface area contributed by atoms with E-state index in [2.05, 4.69) is 24.0 Å². The van der Waals surface area contributed by atoms with Gasteiger partial charge in [-0.2, -0.15) is 5.10 Å². The molecule has 2 rings (SSSR count). The molecule has 0 bridgehead atoms. The Morgan fingerprint density at radius 2 is 2.16 bits per heavy atom. The Hall–Kier alpha value is -2.30. The zero-order chi connectivity index (χ0) is 14.0. The van der Waals surface area contributed by atoms with Crippen molar-refractivity contribution in [1.29, 1.82) is 0 Å². The molecule has 0 aliphatic heterocycles. The summed E-state index contributed by atoms with van der Waals surface area (Å²) in [5, 5.41) is 15.6. The van der Waals surface area contributed by atoms with Gasteiger partial charge in [0.05, 0.1) is 19.0 Å². The lowest BCUT2D eigenvalue weighted by Gasteiger charge is -2.13. The zero-order valence-corrected chi connectivity index (χ0v) is 11.1. The maximum absolute atomic E-state index is 11.1. The number of aromatic carboxylic acids is 1. The molecule has 2 N–H and O–H groups in total. The van der Waals surface area contributed by atoms with E-state index in [0.717, 1.165) is 16.9 Å². The average molecular weight is 260 g/mol. The van der Waals surface area contributed by atoms with Gasteiger partial charge < -0.3 is 9.84 Å². The molecule has 2 aromatic rings. The fourth-order valence-electron chi connectivity index (χ4n) is 2.01. The van der Waals surface area contributed by atoms with Gasteiger partial charge in [0.25, 0.3) is 0 Å². The second-order valence-corrected chi connectivity index (χ2v) is 4.58. The fourth-order valence-corrected chi connectivity index (χ4v) is 2.01. The molecule has 1 aromatic heterocycles. The van der Waals surface area contributed by atoms with E-state index in [1.165, 1.54) is 6.20 Å². The summed E-state index contributed by atoms with van der Waals surface area (Å²) in [6.45, 7) is 4.12. The van der Waals surface area contributed by atoms with Crippen LogP contribution in [0.3, 0.4) is 0 Å². The molecule has 1 aromatic carbocycles. The smallest absolute Gasteiger partial charge is 0.339 e. The van der Waals surface area contributed by atoms with Crippen LogP contribution in [0.15, 0.2) is 24.4 Å². The number of nitrogens with zero attached hydrogens (tertiary/aromatic N) is 1. The standard InChI is InChI=1S/C14H16N2O3/c1-8(2)10-6-9(4-5-12(10)19-3)13-11(14(17)18)7-15-16-13/h4-8H,1-3H3,(H,15,16)(H,17,18). The van der Waals surface area contributed by atoms with Crippen molar-refractivity contribution in [3.05, 3.63) is 35.5 Å². The van der Waals surface area contributed by atoms with Crippen LogP contribution in [0.2, 0.25) is 0 Å². The van der Waals surface area contributed by atoms with Crippen molar-refractivity contribution in [2.24, 2.45) is 0 Å². The number of hydrogen-bond donors (Lipinski definition) is 2. The summed E-state index contributed by atoms with van der Waals surface area (Å²) in [6, 6.07) is 5.60. The Labute approximate surface area is 111 Å². The molecule has 0 aliphatic carbocycles. The molecule has 5 heteroatoms. The second kappa shape index (κ2) is 5.14. The van der Waals surface area contributed by atoms with E-state index in [9.17, 15) is 4.79 Å². The number of hydrogen-bond acceptors (Lipinski definition) is 3. The van der Waals surface area contributed by atoms with Crippen LogP contribution in [0, 0.1) is 0 Å². The lowest BCUT2D eigenvalue weighted by molar-refractivity contribution is 0.0698. The number of aromatic amines is 1. The number of methoxy groups -OCH3 is 1. The highest BCUT2D eigenvalue weighted by Gasteiger charge is 2.16. The van der Waals surface area contributed by atoms with Crippen LogP contribution < -0.4 is 4.74 Å². The molecule has 0 spiro atoms. The number of benzene rings is 1. The quantitative estimate of drug-likeness (QED) is 0.886. The normalized spacial score (nSPS) is 10.7. The fraction of sp³-hybridized carbons (Fsp3) is 0.286. The highest BCUT2D eigenvalue weighted by molar-refractivity contribution is 5.94. The largest absolute Gasteiger partial charge is 0.496 e. The molecule has 0 fully saturated rings. The average Bonchev–Trinajstić information content (AvgIpc) is 2.87. The number of rotatable bonds is 4. The molecular weight excluding hydrogens is 244 g/mol. The lowest BCUT2D eigenvalue weighted by Crippen LogP contribution is -1.99. The molecule has 0 atom stereocenters. The summed E-state index contributed by atoms with van der Waals surface area (Å²) in [5.41, 5.74) is 2.50. The Morgan fingerprint density at radius 3 is 2.74 bits per heavy atom. The summed E-state index contributed by atoms with van der Waals surface area (Å²) in [7, 11) is 1.62. The molecule has 0 unspecified atom stereocenters. The molecule has 0 aliphatic rings. The monoisotopic (exact) mass is 260 g/mol. The summed E-state index contributed by atoms with van der Waals surface area (Å²) in [5.74, 6) is 0.0897. The molecule has 100 valence electrons. The van der Waals surface area contributed by atoms with Crippen LogP contribution in [0.4, 0.5) is 0 Å². The predicted octanol–water partition coefficient (Wildman–Crippen LogP) is 2.91. The molecule has 0 saturated carbocycles. The summed E-state index contributed by atoms with van der Waals surface area (Å²) >= 11 is 0. The van der Waals surface area contributed by atoms with E-state index in [4.69, 9.17) is 9.84 Å². The van der Waals surface area contributed by atoms with Gasteiger partial charge in [-0.25, -0.2) is 4.79 Å². The molecule has 0 saturated heterocycles. The minimum atomic E-state index is -0.995. The van der Waals surface area contributed by atoms with Crippen molar-refractivity contribution in [2.45, 2.75) is 19.8 Å². The van der Waals surface area contributed by atoms with Crippen LogP contribution >= 0.6 is 0 Å². The number of carboxylic acids is 1. The van der Waals surface area contributed by atoms with Crippen molar-refractivity contribution in [3.63, 3.8) is 0 Å². The van der Waals surface area contributed by atoms with Gasteiger partial charge in [0.15, 0.2) is 0 Å². The third kappa shape index (κ3) is 2.45. The first-order valence-corrected chi connectivity index (χ1v) is 5.99. The van der Waals surface area contributed by atoms with E-state index in [1.807, 2.05) is 18.2 Å². The number of H-pyrrole nitrogens is 1. The Morgan fingerprint density at radius 1 is 1.42 bits per heavy atom. The zero-order valence-electron chi connectivity index (χ0n) is 11.1. The van der Waals surface area contributed by atoms with Crippen molar-refractivity contribution < 1.29 is 14.6 Å². The van der Waals surface area contributed by atoms with Gasteiger partial charge in [0.2, 0.25) is 0 Å². The predicted molar refractivity (Wildman–Crippen MR) is 71.6 cm³/mol. The van der Waals surface area contributed by atoms with Crippen molar-refractivity contribution >= 4 is 5.97 Å². The van der Waals surface area contributed by atoms with Crippen molar-refractivity contribution in [1.82, 2.24) is 10.2 Å². The van der Waals surface area contributed by atoms with Gasteiger partial charge in [-0.1, -0.05) is 13.8 Å². The Kier molecular flexibility index (Phi) is 3.55. The van der Waals surface area contributed by atoms with Gasteiger partial charge in [0.1, 0.15) is 11.3 Å². The Bertz CT molecular complexity index is 602. The van der Waals surface area contributed by atoms with Crippen molar-refractivity contribution in [2.75, 3.05) is 7.11 Å². The molecular formula is C14H16N2O3. The van der Waals surface area contributed by atoms with Crippen LogP contribution in [-0.4, -0.2) is 28.4 Å². The van der Waals surface area contributed by atoms with E-state index in [0.29, 0.717) is 5.69 Å². The number of carbonyl (C=O) groups is 1. The number of carboxylic acid groups (broad SMARTS) is 1. The number of aromatic nitrogens is 2. The Balaban J connectivity index is 2.54. The lowest BCUT2D eigenvalue weighted by atomic mass is 9.97. The molecule has 0 radical (unpaired) electrons. The minimum absolute atomic E-state index is 0.167. The third-order valence-electron chi connectivity index (χ3n) is 3.01. The SMILES string of the molecule is COc1ccc(-c2[nH]ncc2C(=O)O)cc1C(C)C. The highest BCUT2D eigenvalue weighted by atomic mass is 16.5. The summed E-state index contributed by atoms with van der Waals surface area (Å²) in [4.78, 5) is 11.1. The number of ether oxygens (including phenoxy) is 1. The van der Waals surface area contributed by atoms with Gasteiger partial charge in [-0.3, -0.25) is 5.10 Å². The van der Waals surface area contributed by atoms with Gasteiger partial charge >= 0.3 is 5.97 Å². The van der Waals surface area contributed by atoms with E-state index >= 15 is 0 Å². The highest BCUT2D eigenvalue weighted by Crippen LogP contribution is 2.31. The van der Waals surface area contributed by atoms with Crippen LogP contribution in [-0.2, 0) is 0 Å². The third-order valence-corrected chi connectivity index (χ3v) is 3.01. The maximum atomic E-state index is 11.1. The van der Waals surface area contributed by atoms with E-state index in [-0.39, 0.29) is 11.5 Å². The van der Waals surface area contributed by atoms with Gasteiger partial charge in [-0.05, 0) is 29.7 Å². The molecule has 1 heterocycles. The maximum Gasteiger partial charge on any atom is 0.339 e. The van der Waals surface area contributed by atoms with Gasteiger partial charge in [-0.15, -0.1) is 0 Å². The first kappa shape index (κ1) is 13.1. The number of nitrogens with one attached hydrogen (secondary N) is 1. The van der Waals surface area contributed by atoms with Gasteiger partial charge in [0, 0.05) is 5.56 Å². The van der Waals surface area contributed by atoms with Crippen LogP contribution in [0.1, 0.15) is 35.7 Å². The van der Waals surface area contributed by atoms with E-state index in [1.54, 1.807) is 7.11 Å². The first-order chi connectivity index (χ1) is 9.04. The topological polar surface area (TPSA) is 75.2 Å². The summed E-state index contributed by atoms with van der Waals surface area (Å²) in [6.07, 6.45) is 1.32. The second-order valence-electron chi connectivity index (χ2n) is 4.58. The molecule has 19 heavy (non-hydrogen) atoms.